The van der Waals surface area contributed by atoms with Gasteiger partial charge in [-0.1, -0.05) is 69.5 Å². The van der Waals surface area contributed by atoms with E-state index in [4.69, 9.17) is 9.47 Å². The van der Waals surface area contributed by atoms with Crippen molar-refractivity contribution in [1.82, 2.24) is 9.97 Å². The Bertz CT molecular complexity index is 816. The fourth-order valence-corrected chi connectivity index (χ4v) is 3.59. The molecule has 0 saturated carbocycles. The van der Waals surface area contributed by atoms with E-state index in [-0.39, 0.29) is 5.97 Å². The predicted octanol–water partition coefficient (Wildman–Crippen LogP) is 7.50. The lowest BCUT2D eigenvalue weighted by atomic mass is 10.0. The summed E-state index contributed by atoms with van der Waals surface area (Å²) in [5, 5.41) is 0. The monoisotopic (exact) mass is 466 g/mol. The molecule has 1 aromatic carbocycles. The third-order valence-electron chi connectivity index (χ3n) is 5.57. The lowest BCUT2D eigenvalue weighted by molar-refractivity contribution is -0.134. The van der Waals surface area contributed by atoms with Crippen LogP contribution in [0.15, 0.2) is 48.8 Å². The molecular weight excluding hydrogens is 424 g/mol. The Morgan fingerprint density at radius 2 is 1.56 bits per heavy atom. The fraction of sp³-hybridized carbons (Fsp3) is 0.552. The first-order valence-electron chi connectivity index (χ1n) is 13.1. The molecule has 2 aromatic rings. The van der Waals surface area contributed by atoms with Gasteiger partial charge in [0.05, 0.1) is 12.4 Å². The van der Waals surface area contributed by atoms with Gasteiger partial charge in [-0.05, 0) is 56.9 Å². The van der Waals surface area contributed by atoms with Crippen molar-refractivity contribution in [2.75, 3.05) is 13.2 Å². The van der Waals surface area contributed by atoms with E-state index in [2.05, 4.69) is 60.2 Å². The highest BCUT2D eigenvalue weighted by Crippen LogP contribution is 2.19. The standard InChI is InChI=1S/C29H42N2O3/c1-3-5-6-7-8-9-10-13-16-28(32)34-27-23-30-29(31-24-27)26-19-17-25(18-20-26)15-12-11-14-22-33-21-4-2/h8-9,17-20,23-24H,3-7,10-16,21-22H2,1-2H3. The van der Waals surface area contributed by atoms with Crippen LogP contribution in [0.5, 0.6) is 5.75 Å². The number of hydrogen-bond acceptors (Lipinski definition) is 5. The first-order chi connectivity index (χ1) is 16.7. The molecule has 0 N–H and O–H groups in total. The van der Waals surface area contributed by atoms with Gasteiger partial charge in [-0.2, -0.15) is 0 Å². The fourth-order valence-electron chi connectivity index (χ4n) is 3.59. The van der Waals surface area contributed by atoms with Crippen LogP contribution in [0.25, 0.3) is 11.4 Å². The summed E-state index contributed by atoms with van der Waals surface area (Å²) >= 11 is 0. The summed E-state index contributed by atoms with van der Waals surface area (Å²) in [5.41, 5.74) is 2.28. The molecule has 0 atom stereocenters. The Kier molecular flexibility index (Phi) is 14.6. The molecule has 0 amide bonds. The SMILES string of the molecule is CCCCCC=CCCCC(=O)Oc1cnc(-c2ccc(CCCCCOCCC)cc2)nc1. The van der Waals surface area contributed by atoms with Crippen LogP contribution in [0.2, 0.25) is 0 Å². The average Bonchev–Trinajstić information content (AvgIpc) is 2.86. The zero-order valence-electron chi connectivity index (χ0n) is 21.1. The van der Waals surface area contributed by atoms with Crippen LogP contribution >= 0.6 is 0 Å². The van der Waals surface area contributed by atoms with Crippen molar-refractivity contribution in [2.45, 2.75) is 90.9 Å². The maximum absolute atomic E-state index is 12.0. The quantitative estimate of drug-likeness (QED) is 0.129. The number of allylic oxidation sites excluding steroid dienone is 2. The highest BCUT2D eigenvalue weighted by Gasteiger charge is 2.07. The second kappa shape index (κ2) is 17.9. The zero-order chi connectivity index (χ0) is 24.3. The van der Waals surface area contributed by atoms with Gasteiger partial charge in [-0.25, -0.2) is 9.97 Å². The number of hydrogen-bond donors (Lipinski definition) is 0. The molecule has 0 fully saturated rings. The van der Waals surface area contributed by atoms with Gasteiger partial charge in [0.2, 0.25) is 0 Å². The minimum absolute atomic E-state index is 0.239. The van der Waals surface area contributed by atoms with Gasteiger partial charge in [0, 0.05) is 25.2 Å². The van der Waals surface area contributed by atoms with Gasteiger partial charge in [0.25, 0.3) is 0 Å². The molecule has 5 heteroatoms. The second-order valence-electron chi connectivity index (χ2n) is 8.70. The molecule has 0 aliphatic rings. The van der Waals surface area contributed by atoms with Gasteiger partial charge < -0.3 is 9.47 Å². The lowest BCUT2D eigenvalue weighted by Gasteiger charge is -2.06. The smallest absolute Gasteiger partial charge is 0.311 e. The predicted molar refractivity (Wildman–Crippen MR) is 139 cm³/mol. The summed E-state index contributed by atoms with van der Waals surface area (Å²) < 4.78 is 10.9. The molecule has 0 radical (unpaired) electrons. The molecule has 0 unspecified atom stereocenters. The number of benzene rings is 1. The van der Waals surface area contributed by atoms with Crippen molar-refractivity contribution in [2.24, 2.45) is 0 Å². The summed E-state index contributed by atoms with van der Waals surface area (Å²) in [6.45, 7) is 6.08. The van der Waals surface area contributed by atoms with Gasteiger partial charge in [-0.15, -0.1) is 0 Å². The highest BCUT2D eigenvalue weighted by molar-refractivity contribution is 5.72. The highest BCUT2D eigenvalue weighted by atomic mass is 16.5. The molecule has 0 aliphatic heterocycles. The number of aryl methyl sites for hydroxylation is 1. The third kappa shape index (κ3) is 12.1. The topological polar surface area (TPSA) is 61.3 Å². The van der Waals surface area contributed by atoms with E-state index in [1.54, 1.807) is 12.4 Å². The molecule has 2 rings (SSSR count). The molecule has 0 aliphatic carbocycles. The first-order valence-corrected chi connectivity index (χ1v) is 13.1. The van der Waals surface area contributed by atoms with E-state index < -0.39 is 0 Å². The minimum Gasteiger partial charge on any atom is -0.423 e. The molecule has 186 valence electrons. The molecular formula is C29H42N2O3. The number of ether oxygens (including phenoxy) is 2. The normalized spacial score (nSPS) is 11.2. The van der Waals surface area contributed by atoms with Crippen molar-refractivity contribution in [1.29, 1.82) is 0 Å². The van der Waals surface area contributed by atoms with E-state index in [1.807, 2.05) is 0 Å². The number of rotatable bonds is 18. The number of unbranched alkanes of at least 4 members (excludes halogenated alkanes) is 6. The Morgan fingerprint density at radius 3 is 2.26 bits per heavy atom. The summed E-state index contributed by atoms with van der Waals surface area (Å²) in [7, 11) is 0. The molecule has 34 heavy (non-hydrogen) atoms. The summed E-state index contributed by atoms with van der Waals surface area (Å²) in [6, 6.07) is 8.38. The summed E-state index contributed by atoms with van der Waals surface area (Å²) in [6.07, 6.45) is 20.1. The van der Waals surface area contributed by atoms with Gasteiger partial charge in [0.15, 0.2) is 11.6 Å². The van der Waals surface area contributed by atoms with Crippen molar-refractivity contribution in [3.63, 3.8) is 0 Å². The van der Waals surface area contributed by atoms with E-state index in [0.29, 0.717) is 18.0 Å². The van der Waals surface area contributed by atoms with E-state index >= 15 is 0 Å². The van der Waals surface area contributed by atoms with Crippen molar-refractivity contribution < 1.29 is 14.3 Å². The lowest BCUT2D eigenvalue weighted by Crippen LogP contribution is -2.08. The van der Waals surface area contributed by atoms with Gasteiger partial charge >= 0.3 is 5.97 Å². The molecule has 1 aromatic heterocycles. The number of carbonyl (C=O) groups excluding carboxylic acids is 1. The second-order valence-corrected chi connectivity index (χ2v) is 8.70. The Labute approximate surface area is 206 Å². The number of aromatic nitrogens is 2. The molecule has 0 saturated heterocycles. The van der Waals surface area contributed by atoms with Crippen LogP contribution in [0, 0.1) is 0 Å². The minimum atomic E-state index is -0.239. The third-order valence-corrected chi connectivity index (χ3v) is 5.57. The average molecular weight is 467 g/mol. The molecule has 1 heterocycles. The van der Waals surface area contributed by atoms with E-state index in [9.17, 15) is 4.79 Å². The number of carbonyl (C=O) groups is 1. The summed E-state index contributed by atoms with van der Waals surface area (Å²) in [5.74, 6) is 0.785. The zero-order valence-corrected chi connectivity index (χ0v) is 21.1. The maximum Gasteiger partial charge on any atom is 0.311 e. The van der Waals surface area contributed by atoms with Gasteiger partial charge in [0.1, 0.15) is 0 Å². The Morgan fingerprint density at radius 1 is 0.824 bits per heavy atom. The number of esters is 1. The molecule has 0 bridgehead atoms. The Balaban J connectivity index is 1.67. The van der Waals surface area contributed by atoms with Crippen molar-refractivity contribution in [3.05, 3.63) is 54.4 Å². The van der Waals surface area contributed by atoms with Crippen LogP contribution in [-0.2, 0) is 16.0 Å². The van der Waals surface area contributed by atoms with Crippen molar-refractivity contribution in [3.8, 4) is 17.1 Å². The van der Waals surface area contributed by atoms with Crippen LogP contribution < -0.4 is 4.74 Å². The van der Waals surface area contributed by atoms with E-state index in [1.165, 1.54) is 37.7 Å². The maximum atomic E-state index is 12.0. The largest absolute Gasteiger partial charge is 0.423 e. The number of nitrogens with zero attached hydrogens (tertiary/aromatic N) is 2. The molecule has 0 spiro atoms. The molecule has 5 nitrogen and oxygen atoms in total. The first kappa shape index (κ1) is 27.7. The summed E-state index contributed by atoms with van der Waals surface area (Å²) in [4.78, 5) is 20.8. The van der Waals surface area contributed by atoms with Crippen molar-refractivity contribution >= 4 is 5.97 Å². The van der Waals surface area contributed by atoms with Crippen LogP contribution in [0.4, 0.5) is 0 Å². The van der Waals surface area contributed by atoms with E-state index in [0.717, 1.165) is 57.3 Å². The van der Waals surface area contributed by atoms with Crippen LogP contribution in [0.1, 0.15) is 90.0 Å². The van der Waals surface area contributed by atoms with Gasteiger partial charge in [-0.3, -0.25) is 4.79 Å². The van der Waals surface area contributed by atoms with Crippen LogP contribution in [-0.4, -0.2) is 29.2 Å². The Hall–Kier alpha value is -2.53. The van der Waals surface area contributed by atoms with Crippen LogP contribution in [0.3, 0.4) is 0 Å².